The first-order chi connectivity index (χ1) is 9.65. The van der Waals surface area contributed by atoms with Gasteiger partial charge in [0.15, 0.2) is 0 Å². The van der Waals surface area contributed by atoms with E-state index in [4.69, 9.17) is 10.6 Å². The van der Waals surface area contributed by atoms with Crippen molar-refractivity contribution in [3.05, 3.63) is 52.5 Å². The molecule has 0 fully saturated rings. The summed E-state index contributed by atoms with van der Waals surface area (Å²) < 4.78 is 6.06. The van der Waals surface area contributed by atoms with Gasteiger partial charge in [0.05, 0.1) is 24.0 Å². The SMILES string of the molecule is COc1ccc(Br)cc1NC(=O)c1ccccc1NN. The zero-order valence-electron chi connectivity index (χ0n) is 10.8. The van der Waals surface area contributed by atoms with Gasteiger partial charge >= 0.3 is 0 Å². The number of carbonyl (C=O) groups excluding carboxylic acids is 1. The molecular weight excluding hydrogens is 322 g/mol. The van der Waals surface area contributed by atoms with Crippen molar-refractivity contribution in [2.75, 3.05) is 17.9 Å². The maximum Gasteiger partial charge on any atom is 0.257 e. The number of anilines is 2. The summed E-state index contributed by atoms with van der Waals surface area (Å²) in [7, 11) is 1.55. The van der Waals surface area contributed by atoms with Crippen molar-refractivity contribution in [2.45, 2.75) is 0 Å². The predicted molar refractivity (Wildman–Crippen MR) is 82.9 cm³/mol. The van der Waals surface area contributed by atoms with Gasteiger partial charge in [-0.05, 0) is 30.3 Å². The third-order valence-electron chi connectivity index (χ3n) is 2.74. The molecule has 0 aromatic heterocycles. The molecule has 2 aromatic rings. The number of hydrogen-bond acceptors (Lipinski definition) is 4. The highest BCUT2D eigenvalue weighted by Gasteiger charge is 2.13. The summed E-state index contributed by atoms with van der Waals surface area (Å²) in [5.41, 5.74) is 4.09. The highest BCUT2D eigenvalue weighted by atomic mass is 79.9. The quantitative estimate of drug-likeness (QED) is 0.593. The average molecular weight is 336 g/mol. The highest BCUT2D eigenvalue weighted by Crippen LogP contribution is 2.28. The van der Waals surface area contributed by atoms with Gasteiger partial charge in [-0.2, -0.15) is 0 Å². The third-order valence-corrected chi connectivity index (χ3v) is 3.23. The van der Waals surface area contributed by atoms with E-state index >= 15 is 0 Å². The summed E-state index contributed by atoms with van der Waals surface area (Å²) in [6, 6.07) is 12.4. The molecule has 104 valence electrons. The normalized spacial score (nSPS) is 9.95. The van der Waals surface area contributed by atoms with Gasteiger partial charge in [0.25, 0.3) is 5.91 Å². The van der Waals surface area contributed by atoms with Gasteiger partial charge in [-0.25, -0.2) is 0 Å². The third kappa shape index (κ3) is 3.09. The molecule has 4 N–H and O–H groups in total. The Morgan fingerprint density at radius 2 is 1.95 bits per heavy atom. The van der Waals surface area contributed by atoms with Gasteiger partial charge in [-0.1, -0.05) is 28.1 Å². The van der Waals surface area contributed by atoms with Crippen LogP contribution in [0.15, 0.2) is 46.9 Å². The molecule has 0 unspecified atom stereocenters. The molecule has 0 saturated heterocycles. The second kappa shape index (κ2) is 6.40. The van der Waals surface area contributed by atoms with Crippen LogP contribution < -0.4 is 21.3 Å². The van der Waals surface area contributed by atoms with E-state index in [-0.39, 0.29) is 5.91 Å². The Morgan fingerprint density at radius 3 is 2.65 bits per heavy atom. The molecule has 0 bridgehead atoms. The first-order valence-electron chi connectivity index (χ1n) is 5.86. The largest absolute Gasteiger partial charge is 0.495 e. The monoisotopic (exact) mass is 335 g/mol. The van der Waals surface area contributed by atoms with E-state index in [1.54, 1.807) is 43.5 Å². The minimum absolute atomic E-state index is 0.269. The molecular formula is C14H14BrN3O2. The van der Waals surface area contributed by atoms with E-state index < -0.39 is 0 Å². The van der Waals surface area contributed by atoms with Crippen molar-refractivity contribution >= 4 is 33.2 Å². The predicted octanol–water partition coefficient (Wildman–Crippen LogP) is 3.00. The highest BCUT2D eigenvalue weighted by molar-refractivity contribution is 9.10. The molecule has 0 aliphatic rings. The molecule has 0 spiro atoms. The zero-order chi connectivity index (χ0) is 14.5. The lowest BCUT2D eigenvalue weighted by molar-refractivity contribution is 0.102. The van der Waals surface area contributed by atoms with Crippen molar-refractivity contribution in [1.29, 1.82) is 0 Å². The van der Waals surface area contributed by atoms with E-state index in [1.807, 2.05) is 6.07 Å². The lowest BCUT2D eigenvalue weighted by Gasteiger charge is -2.12. The van der Waals surface area contributed by atoms with Gasteiger partial charge in [-0.3, -0.25) is 10.6 Å². The van der Waals surface area contributed by atoms with Crippen LogP contribution in [0, 0.1) is 0 Å². The number of rotatable bonds is 4. The van der Waals surface area contributed by atoms with Crippen LogP contribution in [-0.2, 0) is 0 Å². The van der Waals surface area contributed by atoms with E-state index in [1.165, 1.54) is 0 Å². The first kappa shape index (κ1) is 14.4. The van der Waals surface area contributed by atoms with Crippen molar-refractivity contribution in [3.8, 4) is 5.75 Å². The second-order valence-electron chi connectivity index (χ2n) is 3.99. The lowest BCUT2D eigenvalue weighted by atomic mass is 10.1. The number of methoxy groups -OCH3 is 1. The Balaban J connectivity index is 2.30. The molecule has 0 saturated carbocycles. The zero-order valence-corrected chi connectivity index (χ0v) is 12.4. The molecule has 0 aliphatic carbocycles. The number of nitrogens with two attached hydrogens (primary N) is 1. The van der Waals surface area contributed by atoms with E-state index in [0.29, 0.717) is 22.7 Å². The van der Waals surface area contributed by atoms with Crippen LogP contribution >= 0.6 is 15.9 Å². The maximum absolute atomic E-state index is 12.3. The molecule has 6 heteroatoms. The number of hydrogen-bond donors (Lipinski definition) is 3. The number of halogens is 1. The standard InChI is InChI=1S/C14H14BrN3O2/c1-20-13-7-6-9(15)8-12(13)17-14(19)10-4-2-3-5-11(10)18-16/h2-8,18H,16H2,1H3,(H,17,19). The molecule has 20 heavy (non-hydrogen) atoms. The van der Waals surface area contributed by atoms with Gasteiger partial charge in [-0.15, -0.1) is 0 Å². The number of nitrogen functional groups attached to an aromatic ring is 1. The number of benzene rings is 2. The summed E-state index contributed by atoms with van der Waals surface area (Å²) >= 11 is 3.36. The number of amides is 1. The minimum Gasteiger partial charge on any atom is -0.495 e. The molecule has 2 rings (SSSR count). The van der Waals surface area contributed by atoms with E-state index in [2.05, 4.69) is 26.7 Å². The average Bonchev–Trinajstić information content (AvgIpc) is 2.47. The van der Waals surface area contributed by atoms with Crippen LogP contribution in [0.25, 0.3) is 0 Å². The van der Waals surface area contributed by atoms with E-state index in [0.717, 1.165) is 4.47 Å². The van der Waals surface area contributed by atoms with Crippen molar-refractivity contribution in [1.82, 2.24) is 0 Å². The fraction of sp³-hybridized carbons (Fsp3) is 0.0714. The molecule has 0 heterocycles. The summed E-state index contributed by atoms with van der Waals surface area (Å²) in [5, 5.41) is 2.80. The first-order valence-corrected chi connectivity index (χ1v) is 6.65. The van der Waals surface area contributed by atoms with Gasteiger partial charge in [0.2, 0.25) is 0 Å². The molecule has 0 radical (unpaired) electrons. The second-order valence-corrected chi connectivity index (χ2v) is 4.90. The van der Waals surface area contributed by atoms with Gasteiger partial charge in [0.1, 0.15) is 5.75 Å². The van der Waals surface area contributed by atoms with Gasteiger partial charge in [0, 0.05) is 4.47 Å². The van der Waals surface area contributed by atoms with Crippen molar-refractivity contribution in [3.63, 3.8) is 0 Å². The van der Waals surface area contributed by atoms with Crippen molar-refractivity contribution in [2.24, 2.45) is 5.84 Å². The Labute approximate surface area is 125 Å². The number of ether oxygens (including phenoxy) is 1. The molecule has 0 aliphatic heterocycles. The number of nitrogens with one attached hydrogen (secondary N) is 2. The van der Waals surface area contributed by atoms with E-state index in [9.17, 15) is 4.79 Å². The van der Waals surface area contributed by atoms with Crippen LogP contribution in [0.4, 0.5) is 11.4 Å². The fourth-order valence-corrected chi connectivity index (χ4v) is 2.14. The number of para-hydroxylation sites is 1. The summed E-state index contributed by atoms with van der Waals surface area (Å²) in [5.74, 6) is 5.71. The Kier molecular flexibility index (Phi) is 4.60. The number of hydrazine groups is 1. The molecule has 0 atom stereocenters. The van der Waals surface area contributed by atoms with Crippen LogP contribution in [0.1, 0.15) is 10.4 Å². The lowest BCUT2D eigenvalue weighted by Crippen LogP contribution is -2.17. The summed E-state index contributed by atoms with van der Waals surface area (Å²) in [6.07, 6.45) is 0. The smallest absolute Gasteiger partial charge is 0.257 e. The molecule has 1 amide bonds. The van der Waals surface area contributed by atoms with Crippen LogP contribution in [0.2, 0.25) is 0 Å². The Morgan fingerprint density at radius 1 is 1.20 bits per heavy atom. The fourth-order valence-electron chi connectivity index (χ4n) is 1.77. The van der Waals surface area contributed by atoms with Gasteiger partial charge < -0.3 is 15.5 Å². The topological polar surface area (TPSA) is 76.4 Å². The Bertz CT molecular complexity index is 632. The minimum atomic E-state index is -0.269. The summed E-state index contributed by atoms with van der Waals surface area (Å²) in [4.78, 5) is 12.3. The molecule has 2 aromatic carbocycles. The van der Waals surface area contributed by atoms with Crippen LogP contribution in [0.5, 0.6) is 5.75 Å². The Hall–Kier alpha value is -2.05. The number of carbonyl (C=O) groups is 1. The summed E-state index contributed by atoms with van der Waals surface area (Å²) in [6.45, 7) is 0. The maximum atomic E-state index is 12.3. The van der Waals surface area contributed by atoms with Crippen molar-refractivity contribution < 1.29 is 9.53 Å². The van der Waals surface area contributed by atoms with Crippen LogP contribution in [-0.4, -0.2) is 13.0 Å². The molecule has 5 nitrogen and oxygen atoms in total. The van der Waals surface area contributed by atoms with Crippen LogP contribution in [0.3, 0.4) is 0 Å².